The Morgan fingerprint density at radius 3 is 1.51 bits per heavy atom. The van der Waals surface area contributed by atoms with Crippen LogP contribution in [0.25, 0.3) is 67.0 Å². The average molecular weight is 959 g/mol. The van der Waals surface area contributed by atoms with Crippen molar-refractivity contribution in [1.29, 1.82) is 0 Å². The number of nitrogens with two attached hydrogens (primary N) is 1. The number of carbonyl (C=O) groups is 4. The van der Waals surface area contributed by atoms with E-state index in [4.69, 9.17) is 25.9 Å². The number of hydrogen-bond acceptors (Lipinski definition) is 11. The van der Waals surface area contributed by atoms with Gasteiger partial charge in [0.2, 0.25) is 0 Å². The number of carboxylic acid groups (broad SMARTS) is 1. The van der Waals surface area contributed by atoms with E-state index in [-0.39, 0.29) is 43.2 Å². The van der Waals surface area contributed by atoms with Crippen LogP contribution in [0.5, 0.6) is 0 Å². The molecule has 0 spiro atoms. The van der Waals surface area contributed by atoms with Crippen LogP contribution in [0, 0.1) is 13.8 Å². The summed E-state index contributed by atoms with van der Waals surface area (Å²) >= 11 is 3.15. The zero-order chi connectivity index (χ0) is 48.6. The summed E-state index contributed by atoms with van der Waals surface area (Å²) in [5, 5.41) is 40.2. The van der Waals surface area contributed by atoms with Crippen molar-refractivity contribution in [3.63, 3.8) is 0 Å². The van der Waals surface area contributed by atoms with Crippen molar-refractivity contribution in [3.8, 4) is 43.7 Å². The highest BCUT2D eigenvalue weighted by Crippen LogP contribution is 2.39. The molecule has 15 nitrogen and oxygen atoms in total. The van der Waals surface area contributed by atoms with Crippen LogP contribution in [0.1, 0.15) is 54.6 Å². The maximum absolute atomic E-state index is 12.8. The Morgan fingerprint density at radius 2 is 1.09 bits per heavy atom. The van der Waals surface area contributed by atoms with E-state index in [0.29, 0.717) is 34.8 Å². The average Bonchev–Trinajstić information content (AvgIpc) is 4.25. The minimum atomic E-state index is -1.04. The van der Waals surface area contributed by atoms with E-state index >= 15 is 0 Å². The second-order valence-corrected chi connectivity index (χ2v) is 17.4. The van der Waals surface area contributed by atoms with Crippen LogP contribution in [0.3, 0.4) is 0 Å². The van der Waals surface area contributed by atoms with Crippen molar-refractivity contribution in [2.75, 3.05) is 36.9 Å². The minimum Gasteiger partial charge on any atom is -0.477 e. The largest absolute Gasteiger partial charge is 0.477 e. The van der Waals surface area contributed by atoms with Gasteiger partial charge in [-0.2, -0.15) is 0 Å². The maximum atomic E-state index is 12.8. The molecule has 2 aliphatic heterocycles. The third kappa shape index (κ3) is 10.7. The van der Waals surface area contributed by atoms with Gasteiger partial charge >= 0.3 is 5.97 Å². The molecular weight excluding hydrogens is 913 g/mol. The highest BCUT2D eigenvalue weighted by molar-refractivity contribution is 7.13. The number of aliphatic hydroxyl groups is 2. The Morgan fingerprint density at radius 1 is 0.638 bits per heavy atom. The zero-order valence-corrected chi connectivity index (χ0v) is 38.9. The fourth-order valence-electron chi connectivity index (χ4n) is 7.46. The highest BCUT2D eigenvalue weighted by atomic mass is 32.1. The van der Waals surface area contributed by atoms with Gasteiger partial charge in [0.15, 0.2) is 0 Å². The van der Waals surface area contributed by atoms with Crippen molar-refractivity contribution >= 4 is 81.0 Å². The van der Waals surface area contributed by atoms with Gasteiger partial charge in [0.25, 0.3) is 17.7 Å². The third-order valence-corrected chi connectivity index (χ3v) is 12.7. The molecular formula is C52H46N8O7S2. The fourth-order valence-corrected chi connectivity index (χ4v) is 9.13. The van der Waals surface area contributed by atoms with E-state index in [0.717, 1.165) is 77.3 Å². The first-order valence-corrected chi connectivity index (χ1v) is 23.4. The number of aryl methyl sites for hydroxylation is 2. The summed E-state index contributed by atoms with van der Waals surface area (Å²) in [7, 11) is 0. The summed E-state index contributed by atoms with van der Waals surface area (Å²) in [6.45, 7) is 4.19. The molecule has 0 saturated heterocycles. The Balaban J connectivity index is 0.000000173. The number of nitrogens with zero attached hydrogens (tertiary/aromatic N) is 2. The van der Waals surface area contributed by atoms with E-state index in [1.54, 1.807) is 53.9 Å². The van der Waals surface area contributed by atoms with E-state index in [9.17, 15) is 24.3 Å². The number of carbonyl (C=O) groups excluding carboxylic acids is 3. The molecule has 6 heterocycles. The molecule has 8 aromatic rings. The SMILES string of the molecule is Cc1cc(C(=O)NCCO)[nH]c1/C=C1\C(=O)Nc2ccc(-c3csc(-c4ccccc4)n3)cc21.Cc1cc(C(=O)O)[nH]c1/C=C1\C(=O)Nc2ccc(-c3csc(-c4ccccc4)n3)cc21.NCCO. The van der Waals surface area contributed by atoms with Gasteiger partial charge in [0.05, 0.1) is 35.7 Å². The summed E-state index contributed by atoms with van der Waals surface area (Å²) in [5.74, 6) is -1.76. The molecule has 2 aliphatic rings. The van der Waals surface area contributed by atoms with Crippen LogP contribution >= 0.6 is 22.7 Å². The summed E-state index contributed by atoms with van der Waals surface area (Å²) in [4.78, 5) is 64.3. The normalized spacial score (nSPS) is 13.5. The molecule has 69 heavy (non-hydrogen) atoms. The van der Waals surface area contributed by atoms with Gasteiger partial charge < -0.3 is 47.0 Å². The van der Waals surface area contributed by atoms with E-state index in [2.05, 4.69) is 25.9 Å². The highest BCUT2D eigenvalue weighted by Gasteiger charge is 2.27. The summed E-state index contributed by atoms with van der Waals surface area (Å²) < 4.78 is 0. The van der Waals surface area contributed by atoms with Crippen LogP contribution in [0.4, 0.5) is 11.4 Å². The van der Waals surface area contributed by atoms with Gasteiger partial charge in [-0.15, -0.1) is 22.7 Å². The number of thiazole rings is 2. The first kappa shape index (κ1) is 47.4. The number of H-pyrrole nitrogens is 2. The second kappa shape index (κ2) is 21.3. The number of nitrogens with one attached hydrogen (secondary N) is 5. The van der Waals surface area contributed by atoms with Gasteiger partial charge in [0, 0.05) is 80.0 Å². The van der Waals surface area contributed by atoms with Crippen molar-refractivity contribution < 1.29 is 34.5 Å². The van der Waals surface area contributed by atoms with Crippen LogP contribution in [0.15, 0.2) is 120 Å². The van der Waals surface area contributed by atoms with Gasteiger partial charge in [-0.1, -0.05) is 72.8 Å². The van der Waals surface area contributed by atoms with E-state index in [1.807, 2.05) is 115 Å². The van der Waals surface area contributed by atoms with Gasteiger partial charge in [-0.25, -0.2) is 14.8 Å². The molecule has 0 saturated carbocycles. The number of carboxylic acids is 1. The number of aliphatic hydroxyl groups excluding tert-OH is 2. The maximum Gasteiger partial charge on any atom is 0.352 e. The number of aromatic nitrogens is 4. The minimum absolute atomic E-state index is 0.0904. The molecule has 0 unspecified atom stereocenters. The third-order valence-electron chi connectivity index (χ3n) is 10.9. The van der Waals surface area contributed by atoms with Crippen LogP contribution in [-0.2, 0) is 9.59 Å². The van der Waals surface area contributed by atoms with E-state index < -0.39 is 5.97 Å². The zero-order valence-electron chi connectivity index (χ0n) is 37.3. The molecule has 17 heteroatoms. The number of aromatic amines is 2. The molecule has 0 atom stereocenters. The van der Waals surface area contributed by atoms with Gasteiger partial charge in [-0.05, 0) is 73.5 Å². The lowest BCUT2D eigenvalue weighted by Gasteiger charge is -2.03. The van der Waals surface area contributed by atoms with E-state index in [1.165, 1.54) is 0 Å². The molecule has 10 rings (SSSR count). The Bertz CT molecular complexity index is 3260. The predicted octanol–water partition coefficient (Wildman–Crippen LogP) is 8.57. The number of amides is 3. The van der Waals surface area contributed by atoms with Crippen molar-refractivity contribution in [2.45, 2.75) is 13.8 Å². The number of anilines is 2. The lowest BCUT2D eigenvalue weighted by molar-refractivity contribution is -0.111. The Kier molecular flexibility index (Phi) is 14.6. The molecule has 3 amide bonds. The van der Waals surface area contributed by atoms with Crippen molar-refractivity contribution in [2.24, 2.45) is 5.73 Å². The smallest absolute Gasteiger partial charge is 0.352 e. The summed E-state index contributed by atoms with van der Waals surface area (Å²) in [6.07, 6.45) is 3.46. The molecule has 0 fully saturated rings. The van der Waals surface area contributed by atoms with Crippen LogP contribution in [-0.4, -0.2) is 85.2 Å². The Hall–Kier alpha value is -8.06. The number of rotatable bonds is 11. The molecule has 4 aromatic carbocycles. The van der Waals surface area contributed by atoms with Gasteiger partial charge in [0.1, 0.15) is 21.4 Å². The monoisotopic (exact) mass is 958 g/mol. The first-order valence-electron chi connectivity index (χ1n) is 21.6. The molecule has 0 bridgehead atoms. The molecule has 0 aliphatic carbocycles. The number of fused-ring (bicyclic) bond motifs is 2. The van der Waals surface area contributed by atoms with Crippen molar-refractivity contribution in [1.82, 2.24) is 25.3 Å². The number of hydrogen-bond donors (Lipinski definition) is 9. The summed E-state index contributed by atoms with van der Waals surface area (Å²) in [5.41, 5.74) is 17.8. The molecule has 0 radical (unpaired) electrons. The topological polar surface area (TPSA) is 248 Å². The molecule has 10 N–H and O–H groups in total. The second-order valence-electron chi connectivity index (χ2n) is 15.7. The predicted molar refractivity (Wildman–Crippen MR) is 273 cm³/mol. The Labute approximate surface area is 404 Å². The van der Waals surface area contributed by atoms with Gasteiger partial charge in [-0.3, -0.25) is 14.4 Å². The molecule has 348 valence electrons. The van der Waals surface area contributed by atoms with Crippen LogP contribution < -0.4 is 21.7 Å². The molecule has 4 aromatic heterocycles. The van der Waals surface area contributed by atoms with Crippen LogP contribution in [0.2, 0.25) is 0 Å². The fraction of sp³-hybridized carbons (Fsp3) is 0.115. The standard InChI is InChI=1S/C26H22N4O3S.C24H17N3O3S.C2H7NO/c1-15-11-22(25(33)27-9-10-31)28-21(15)13-19-18-12-17(7-8-20(18)29-24(19)32)23-14-34-26(30-23)16-5-3-2-4-6-16;1-13-9-20(24(29)30)25-19(13)11-17-16-10-15(7-8-18(16)26-22(17)28)21-12-31-23(27-21)14-5-3-2-4-6-14;3-1-2-4/h2-8,11-14,28,31H,9-10H2,1H3,(H,27,33)(H,29,32);2-12,25H,1H3,(H,26,28)(H,29,30);4H,1-3H2/b19-13-;17-11-;. The van der Waals surface area contributed by atoms with Crippen molar-refractivity contribution in [3.05, 3.63) is 165 Å². The lowest BCUT2D eigenvalue weighted by Crippen LogP contribution is -2.26. The number of aromatic carboxylic acids is 1. The first-order chi connectivity index (χ1) is 33.4. The number of benzene rings is 4. The quantitative estimate of drug-likeness (QED) is 0.0559. The summed E-state index contributed by atoms with van der Waals surface area (Å²) in [6, 6.07) is 34.9. The lowest BCUT2D eigenvalue weighted by atomic mass is 10.0.